The van der Waals surface area contributed by atoms with Crippen LogP contribution in [0.25, 0.3) is 0 Å². The van der Waals surface area contributed by atoms with Crippen molar-refractivity contribution in [3.63, 3.8) is 0 Å². The van der Waals surface area contributed by atoms with E-state index in [-0.39, 0.29) is 12.5 Å². The maximum atomic E-state index is 12.4. The summed E-state index contributed by atoms with van der Waals surface area (Å²) in [5.41, 5.74) is 0.163. The summed E-state index contributed by atoms with van der Waals surface area (Å²) < 4.78 is 2.96. The van der Waals surface area contributed by atoms with E-state index in [2.05, 4.69) is 21.2 Å². The average Bonchev–Trinajstić information content (AvgIpc) is 3.19. The van der Waals surface area contributed by atoms with E-state index in [4.69, 9.17) is 0 Å². The molecule has 1 aliphatic carbocycles. The SMILES string of the molecule is CCC(CC)(CO)NC(=O)c1cc(Br)cn1C1CC1. The summed E-state index contributed by atoms with van der Waals surface area (Å²) in [4.78, 5) is 12.4. The molecule has 5 heteroatoms. The normalized spacial score (nSPS) is 15.6. The van der Waals surface area contributed by atoms with E-state index in [9.17, 15) is 9.90 Å². The van der Waals surface area contributed by atoms with Crippen molar-refractivity contribution < 1.29 is 9.90 Å². The van der Waals surface area contributed by atoms with Gasteiger partial charge < -0.3 is 15.0 Å². The molecule has 0 spiro atoms. The number of hydrogen-bond donors (Lipinski definition) is 2. The number of nitrogens with one attached hydrogen (secondary N) is 1. The lowest BCUT2D eigenvalue weighted by atomic mass is 9.93. The van der Waals surface area contributed by atoms with Gasteiger partial charge in [-0.1, -0.05) is 13.8 Å². The zero-order valence-electron chi connectivity index (χ0n) is 11.4. The number of carbonyl (C=O) groups excluding carboxylic acids is 1. The molecule has 4 nitrogen and oxygen atoms in total. The predicted molar refractivity (Wildman–Crippen MR) is 78.3 cm³/mol. The van der Waals surface area contributed by atoms with Gasteiger partial charge >= 0.3 is 0 Å². The molecule has 0 saturated heterocycles. The molecule has 0 unspecified atom stereocenters. The highest BCUT2D eigenvalue weighted by Crippen LogP contribution is 2.37. The van der Waals surface area contributed by atoms with E-state index in [0.29, 0.717) is 11.7 Å². The Kier molecular flexibility index (Phi) is 4.36. The number of amides is 1. The number of rotatable bonds is 6. The van der Waals surface area contributed by atoms with Crippen LogP contribution in [0, 0.1) is 0 Å². The Bertz CT molecular complexity index is 454. The van der Waals surface area contributed by atoms with Crippen molar-refractivity contribution in [2.24, 2.45) is 0 Å². The molecule has 0 aliphatic heterocycles. The molecule has 2 rings (SSSR count). The fraction of sp³-hybridized carbons (Fsp3) is 0.643. The Morgan fingerprint density at radius 1 is 1.53 bits per heavy atom. The first-order valence-corrected chi connectivity index (χ1v) is 7.65. The van der Waals surface area contributed by atoms with Crippen LogP contribution in [0.4, 0.5) is 0 Å². The van der Waals surface area contributed by atoms with Crippen LogP contribution in [0.1, 0.15) is 56.1 Å². The summed E-state index contributed by atoms with van der Waals surface area (Å²) in [5.74, 6) is -0.102. The summed E-state index contributed by atoms with van der Waals surface area (Å²) in [6, 6.07) is 2.31. The lowest BCUT2D eigenvalue weighted by molar-refractivity contribution is 0.0808. The van der Waals surface area contributed by atoms with Gasteiger partial charge in [0.2, 0.25) is 0 Å². The number of aliphatic hydroxyl groups excluding tert-OH is 1. The summed E-state index contributed by atoms with van der Waals surface area (Å²) in [6.07, 6.45) is 5.67. The summed E-state index contributed by atoms with van der Waals surface area (Å²) >= 11 is 3.43. The highest BCUT2D eigenvalue weighted by molar-refractivity contribution is 9.10. The van der Waals surface area contributed by atoms with Crippen LogP contribution in [0.2, 0.25) is 0 Å². The van der Waals surface area contributed by atoms with Crippen molar-refractivity contribution in [3.05, 3.63) is 22.4 Å². The molecule has 1 amide bonds. The number of aliphatic hydroxyl groups is 1. The Balaban J connectivity index is 2.19. The number of aromatic nitrogens is 1. The third-order valence-electron chi connectivity index (χ3n) is 4.02. The first kappa shape index (κ1) is 14.6. The lowest BCUT2D eigenvalue weighted by Crippen LogP contribution is -2.50. The minimum Gasteiger partial charge on any atom is -0.394 e. The van der Waals surface area contributed by atoms with Crippen molar-refractivity contribution in [2.45, 2.75) is 51.1 Å². The van der Waals surface area contributed by atoms with E-state index < -0.39 is 5.54 Å². The number of halogens is 1. The van der Waals surface area contributed by atoms with Crippen LogP contribution in [0.5, 0.6) is 0 Å². The van der Waals surface area contributed by atoms with Crippen LogP contribution in [0.15, 0.2) is 16.7 Å². The van der Waals surface area contributed by atoms with Crippen LogP contribution in [-0.4, -0.2) is 27.7 Å². The molecular formula is C14H21BrN2O2. The number of hydrogen-bond acceptors (Lipinski definition) is 2. The first-order valence-electron chi connectivity index (χ1n) is 6.86. The van der Waals surface area contributed by atoms with Gasteiger partial charge in [0.1, 0.15) is 5.69 Å². The molecule has 1 saturated carbocycles. The monoisotopic (exact) mass is 328 g/mol. The minimum absolute atomic E-state index is 0.0307. The van der Waals surface area contributed by atoms with Crippen LogP contribution in [0.3, 0.4) is 0 Å². The zero-order valence-corrected chi connectivity index (χ0v) is 13.0. The second kappa shape index (κ2) is 5.67. The molecule has 0 radical (unpaired) electrons. The highest BCUT2D eigenvalue weighted by Gasteiger charge is 2.32. The zero-order chi connectivity index (χ0) is 14.0. The van der Waals surface area contributed by atoms with Crippen molar-refractivity contribution in [3.8, 4) is 0 Å². The largest absolute Gasteiger partial charge is 0.394 e. The summed E-state index contributed by atoms with van der Waals surface area (Å²) in [5, 5.41) is 12.5. The van der Waals surface area contributed by atoms with Crippen molar-refractivity contribution in [2.75, 3.05) is 6.61 Å². The van der Waals surface area contributed by atoms with E-state index >= 15 is 0 Å². The van der Waals surface area contributed by atoms with E-state index in [0.717, 1.165) is 30.2 Å². The quantitative estimate of drug-likeness (QED) is 0.843. The van der Waals surface area contributed by atoms with Gasteiger partial charge in [-0.05, 0) is 47.7 Å². The maximum absolute atomic E-state index is 12.4. The van der Waals surface area contributed by atoms with Crippen LogP contribution in [-0.2, 0) is 0 Å². The van der Waals surface area contributed by atoms with Gasteiger partial charge in [-0.2, -0.15) is 0 Å². The fourth-order valence-corrected chi connectivity index (χ4v) is 2.71. The molecule has 0 aromatic carbocycles. The van der Waals surface area contributed by atoms with Gasteiger partial charge in [0.15, 0.2) is 0 Å². The van der Waals surface area contributed by atoms with Crippen LogP contribution < -0.4 is 5.32 Å². The maximum Gasteiger partial charge on any atom is 0.268 e. The Morgan fingerprint density at radius 2 is 2.16 bits per heavy atom. The molecule has 0 atom stereocenters. The molecule has 1 aromatic heterocycles. The summed E-state index contributed by atoms with van der Waals surface area (Å²) in [7, 11) is 0. The van der Waals surface area contributed by atoms with E-state index in [1.165, 1.54) is 0 Å². The molecule has 1 fully saturated rings. The summed E-state index contributed by atoms with van der Waals surface area (Å²) in [6.45, 7) is 3.93. The van der Waals surface area contributed by atoms with Crippen molar-refractivity contribution in [1.29, 1.82) is 0 Å². The van der Waals surface area contributed by atoms with Gasteiger partial charge in [-0.15, -0.1) is 0 Å². The second-order valence-electron chi connectivity index (χ2n) is 5.28. The van der Waals surface area contributed by atoms with E-state index in [1.54, 1.807) is 0 Å². The van der Waals surface area contributed by atoms with Gasteiger partial charge in [-0.25, -0.2) is 0 Å². The predicted octanol–water partition coefficient (Wildman–Crippen LogP) is 2.87. The van der Waals surface area contributed by atoms with Gasteiger partial charge in [-0.3, -0.25) is 4.79 Å². The smallest absolute Gasteiger partial charge is 0.268 e. The van der Waals surface area contributed by atoms with Crippen LogP contribution >= 0.6 is 15.9 Å². The molecule has 0 bridgehead atoms. The standard InChI is InChI=1S/C14H21BrN2O2/c1-3-14(4-2,9-18)16-13(19)12-7-10(15)8-17(12)11-5-6-11/h7-8,11,18H,3-6,9H2,1-2H3,(H,16,19). The average molecular weight is 329 g/mol. The molecule has 106 valence electrons. The first-order chi connectivity index (χ1) is 9.05. The number of carbonyl (C=O) groups is 1. The third-order valence-corrected chi connectivity index (χ3v) is 4.46. The van der Waals surface area contributed by atoms with E-state index in [1.807, 2.05) is 30.7 Å². The van der Waals surface area contributed by atoms with Crippen molar-refractivity contribution >= 4 is 21.8 Å². The molecule has 1 aliphatic rings. The Labute approximate surface area is 122 Å². The molecule has 1 heterocycles. The molecular weight excluding hydrogens is 308 g/mol. The second-order valence-corrected chi connectivity index (χ2v) is 6.20. The molecule has 19 heavy (non-hydrogen) atoms. The topological polar surface area (TPSA) is 54.3 Å². The Morgan fingerprint density at radius 3 is 2.63 bits per heavy atom. The molecule has 1 aromatic rings. The lowest BCUT2D eigenvalue weighted by Gasteiger charge is -2.30. The fourth-order valence-electron chi connectivity index (χ4n) is 2.28. The van der Waals surface area contributed by atoms with Gasteiger partial charge in [0.25, 0.3) is 5.91 Å². The molecule has 2 N–H and O–H groups in total. The minimum atomic E-state index is -0.512. The van der Waals surface area contributed by atoms with Gasteiger partial charge in [0, 0.05) is 16.7 Å². The van der Waals surface area contributed by atoms with Crippen molar-refractivity contribution in [1.82, 2.24) is 9.88 Å². The Hall–Kier alpha value is -0.810. The van der Waals surface area contributed by atoms with Gasteiger partial charge in [0.05, 0.1) is 12.1 Å². The highest BCUT2D eigenvalue weighted by atomic mass is 79.9. The number of nitrogens with zero attached hydrogens (tertiary/aromatic N) is 1. The third kappa shape index (κ3) is 3.03.